The van der Waals surface area contributed by atoms with E-state index in [2.05, 4.69) is 6.92 Å². The van der Waals surface area contributed by atoms with Gasteiger partial charge in [-0.25, -0.2) is 15.0 Å². The summed E-state index contributed by atoms with van der Waals surface area (Å²) in [5, 5.41) is 0.527. The molecule has 0 aliphatic heterocycles. The number of para-hydroxylation sites is 2. The number of benzene rings is 2. The summed E-state index contributed by atoms with van der Waals surface area (Å²) in [4.78, 5) is 27.9. The van der Waals surface area contributed by atoms with Gasteiger partial charge in [-0.3, -0.25) is 9.36 Å². The van der Waals surface area contributed by atoms with Crippen LogP contribution in [0.5, 0.6) is 11.5 Å². The average Bonchev–Trinajstić information content (AvgIpc) is 3.18. The third kappa shape index (κ3) is 3.75. The highest BCUT2D eigenvalue weighted by Crippen LogP contribution is 2.29. The number of aryl methyl sites for hydroxylation is 3. The summed E-state index contributed by atoms with van der Waals surface area (Å²) in [5.41, 5.74) is 4.45. The number of ether oxygens (including phenoxy) is 2. The standard InChI is InChI=1S/C26H27N5O3/c1-4-5-13-30-16-27-24-22(26(30)32)23-25(29-19-9-7-6-8-18(19)28-23)31(24)14-12-17-10-11-20(33-2)21(15-17)34-3/h6-11,15-16H,4-5,12-14H2,1-3H3. The van der Waals surface area contributed by atoms with E-state index in [1.807, 2.05) is 47.0 Å². The molecule has 2 aromatic carbocycles. The molecule has 0 amide bonds. The molecule has 3 aromatic heterocycles. The van der Waals surface area contributed by atoms with Crippen molar-refractivity contribution in [1.82, 2.24) is 24.1 Å². The highest BCUT2D eigenvalue weighted by molar-refractivity contribution is 6.04. The fourth-order valence-corrected chi connectivity index (χ4v) is 4.32. The summed E-state index contributed by atoms with van der Waals surface area (Å²) < 4.78 is 14.5. The second-order valence-electron chi connectivity index (χ2n) is 8.27. The van der Waals surface area contributed by atoms with E-state index in [9.17, 15) is 4.79 Å². The number of unbranched alkanes of at least 4 members (excludes halogenated alkanes) is 1. The van der Waals surface area contributed by atoms with Crippen LogP contribution >= 0.6 is 0 Å². The number of fused-ring (bicyclic) bond motifs is 4. The first-order chi connectivity index (χ1) is 16.6. The summed E-state index contributed by atoms with van der Waals surface area (Å²) in [7, 11) is 3.25. The molecule has 174 valence electrons. The molecule has 0 radical (unpaired) electrons. The van der Waals surface area contributed by atoms with E-state index in [0.717, 1.165) is 29.4 Å². The lowest BCUT2D eigenvalue weighted by molar-refractivity contribution is 0.354. The lowest BCUT2D eigenvalue weighted by Gasteiger charge is -2.11. The fourth-order valence-electron chi connectivity index (χ4n) is 4.32. The van der Waals surface area contributed by atoms with Crippen LogP contribution in [0.3, 0.4) is 0 Å². The molecule has 0 N–H and O–H groups in total. The van der Waals surface area contributed by atoms with Gasteiger partial charge in [0.2, 0.25) is 0 Å². The number of rotatable bonds is 8. The van der Waals surface area contributed by atoms with Crippen molar-refractivity contribution >= 4 is 33.2 Å². The summed E-state index contributed by atoms with van der Waals surface area (Å²) >= 11 is 0. The maximum atomic E-state index is 13.4. The molecule has 0 fully saturated rings. The van der Waals surface area contributed by atoms with Gasteiger partial charge in [-0.1, -0.05) is 31.5 Å². The number of hydrogen-bond acceptors (Lipinski definition) is 6. The minimum atomic E-state index is -0.0714. The smallest absolute Gasteiger partial charge is 0.265 e. The molecule has 8 nitrogen and oxygen atoms in total. The molecular formula is C26H27N5O3. The van der Waals surface area contributed by atoms with Crippen molar-refractivity contribution in [3.63, 3.8) is 0 Å². The first kappa shape index (κ1) is 21.9. The quantitative estimate of drug-likeness (QED) is 0.344. The molecule has 0 aliphatic carbocycles. The molecule has 0 aliphatic rings. The van der Waals surface area contributed by atoms with E-state index >= 15 is 0 Å². The largest absolute Gasteiger partial charge is 0.493 e. The second-order valence-corrected chi connectivity index (χ2v) is 8.27. The van der Waals surface area contributed by atoms with Crippen LogP contribution in [0.1, 0.15) is 25.3 Å². The maximum absolute atomic E-state index is 13.4. The Balaban J connectivity index is 1.66. The predicted molar refractivity (Wildman–Crippen MR) is 133 cm³/mol. The van der Waals surface area contributed by atoms with Gasteiger partial charge in [0, 0.05) is 13.1 Å². The van der Waals surface area contributed by atoms with E-state index in [1.54, 1.807) is 25.1 Å². The first-order valence-corrected chi connectivity index (χ1v) is 11.5. The Morgan fingerprint density at radius 3 is 2.41 bits per heavy atom. The summed E-state index contributed by atoms with van der Waals surface area (Å²) in [5.74, 6) is 1.37. The fraction of sp³-hybridized carbons (Fsp3) is 0.308. The summed E-state index contributed by atoms with van der Waals surface area (Å²) in [6.07, 6.45) is 4.27. The van der Waals surface area contributed by atoms with Crippen LogP contribution in [-0.4, -0.2) is 38.3 Å². The highest BCUT2D eigenvalue weighted by Gasteiger charge is 2.20. The molecule has 0 unspecified atom stereocenters. The third-order valence-electron chi connectivity index (χ3n) is 6.14. The highest BCUT2D eigenvalue weighted by atomic mass is 16.5. The van der Waals surface area contributed by atoms with Gasteiger partial charge >= 0.3 is 0 Å². The van der Waals surface area contributed by atoms with Gasteiger partial charge in [0.05, 0.1) is 31.6 Å². The Morgan fingerprint density at radius 1 is 0.912 bits per heavy atom. The van der Waals surface area contributed by atoms with Gasteiger partial charge in [-0.15, -0.1) is 0 Å². The zero-order valence-electron chi connectivity index (χ0n) is 19.6. The normalized spacial score (nSPS) is 11.5. The summed E-state index contributed by atoms with van der Waals surface area (Å²) in [6, 6.07) is 13.6. The zero-order valence-corrected chi connectivity index (χ0v) is 19.6. The molecule has 0 atom stereocenters. The minimum absolute atomic E-state index is 0.0714. The Labute approximate surface area is 196 Å². The zero-order chi connectivity index (χ0) is 23.7. The first-order valence-electron chi connectivity index (χ1n) is 11.5. The monoisotopic (exact) mass is 457 g/mol. The number of aromatic nitrogens is 5. The van der Waals surface area contributed by atoms with Crippen LogP contribution in [0, 0.1) is 0 Å². The number of hydrogen-bond donors (Lipinski definition) is 0. The Kier molecular flexibility index (Phi) is 5.88. The van der Waals surface area contributed by atoms with Crippen LogP contribution in [0.2, 0.25) is 0 Å². The van der Waals surface area contributed by atoms with Crippen molar-refractivity contribution in [2.45, 2.75) is 39.3 Å². The molecule has 5 rings (SSSR count). The van der Waals surface area contributed by atoms with E-state index in [4.69, 9.17) is 24.4 Å². The average molecular weight is 458 g/mol. The van der Waals surface area contributed by atoms with E-state index in [0.29, 0.717) is 53.2 Å². The van der Waals surface area contributed by atoms with Crippen molar-refractivity contribution in [3.05, 3.63) is 64.7 Å². The molecule has 0 bridgehead atoms. The molecular weight excluding hydrogens is 430 g/mol. The van der Waals surface area contributed by atoms with Crippen LogP contribution < -0.4 is 15.0 Å². The van der Waals surface area contributed by atoms with Gasteiger partial charge in [0.25, 0.3) is 5.56 Å². The SMILES string of the molecule is CCCCn1cnc2c(c1=O)c1nc3ccccc3nc1n2CCc1ccc(OC)c(OC)c1. The van der Waals surface area contributed by atoms with Crippen molar-refractivity contribution in [1.29, 1.82) is 0 Å². The van der Waals surface area contributed by atoms with Crippen molar-refractivity contribution in [3.8, 4) is 11.5 Å². The second kappa shape index (κ2) is 9.13. The Hall–Kier alpha value is -3.94. The van der Waals surface area contributed by atoms with Crippen LogP contribution in [0.25, 0.3) is 33.2 Å². The van der Waals surface area contributed by atoms with E-state index < -0.39 is 0 Å². The van der Waals surface area contributed by atoms with Crippen LogP contribution in [-0.2, 0) is 19.5 Å². The minimum Gasteiger partial charge on any atom is -0.493 e. The van der Waals surface area contributed by atoms with E-state index in [-0.39, 0.29) is 5.56 Å². The van der Waals surface area contributed by atoms with Gasteiger partial charge in [0.15, 0.2) is 22.8 Å². The van der Waals surface area contributed by atoms with Gasteiger partial charge in [-0.05, 0) is 42.7 Å². The van der Waals surface area contributed by atoms with Crippen molar-refractivity contribution in [2.24, 2.45) is 0 Å². The van der Waals surface area contributed by atoms with Crippen LogP contribution in [0.15, 0.2) is 53.6 Å². The van der Waals surface area contributed by atoms with Crippen LogP contribution in [0.4, 0.5) is 0 Å². The molecule has 5 aromatic rings. The molecule has 0 saturated heterocycles. The molecule has 0 spiro atoms. The lowest BCUT2D eigenvalue weighted by Crippen LogP contribution is -2.21. The van der Waals surface area contributed by atoms with Gasteiger partial charge < -0.3 is 14.0 Å². The van der Waals surface area contributed by atoms with Gasteiger partial charge in [-0.2, -0.15) is 0 Å². The predicted octanol–water partition coefficient (Wildman–Crippen LogP) is 4.35. The molecule has 0 saturated carbocycles. The van der Waals surface area contributed by atoms with E-state index in [1.165, 1.54) is 0 Å². The molecule has 3 heterocycles. The van der Waals surface area contributed by atoms with Crippen molar-refractivity contribution < 1.29 is 9.47 Å². The van der Waals surface area contributed by atoms with Crippen molar-refractivity contribution in [2.75, 3.05) is 14.2 Å². The maximum Gasteiger partial charge on any atom is 0.265 e. The number of methoxy groups -OCH3 is 2. The third-order valence-corrected chi connectivity index (χ3v) is 6.14. The number of nitrogens with zero attached hydrogens (tertiary/aromatic N) is 5. The summed E-state index contributed by atoms with van der Waals surface area (Å²) in [6.45, 7) is 3.33. The Bertz CT molecular complexity index is 1550. The van der Waals surface area contributed by atoms with Gasteiger partial charge in [0.1, 0.15) is 10.9 Å². The molecule has 34 heavy (non-hydrogen) atoms. The molecule has 8 heteroatoms. The Morgan fingerprint density at radius 2 is 1.68 bits per heavy atom. The lowest BCUT2D eigenvalue weighted by atomic mass is 10.1. The topological polar surface area (TPSA) is 84.1 Å².